The minimum atomic E-state index is -1.78. The van der Waals surface area contributed by atoms with Crippen LogP contribution in [-0.2, 0) is 0 Å². The highest BCUT2D eigenvalue weighted by Crippen LogP contribution is 2.01. The van der Waals surface area contributed by atoms with Crippen molar-refractivity contribution >= 4 is 0 Å². The summed E-state index contributed by atoms with van der Waals surface area (Å²) in [6.07, 6.45) is 2.28. The number of aliphatic hydroxyl groups is 2. The van der Waals surface area contributed by atoms with Gasteiger partial charge in [-0.25, -0.2) is 0 Å². The topological polar surface area (TPSA) is 40.5 Å². The van der Waals surface area contributed by atoms with Crippen molar-refractivity contribution in [3.63, 3.8) is 0 Å². The molecule has 0 saturated heterocycles. The summed E-state index contributed by atoms with van der Waals surface area (Å²) in [5, 5.41) is 17.0. The maximum Gasteiger partial charge on any atom is 0.185 e. The van der Waals surface area contributed by atoms with Gasteiger partial charge in [0, 0.05) is 6.42 Å². The molecule has 41 valence electrons. The Morgan fingerprint density at radius 3 is 2.00 bits per heavy atom. The second-order valence-electron chi connectivity index (χ2n) is 1.28. The molecule has 0 amide bonds. The number of hydrogen-bond donors (Lipinski definition) is 2. The number of rotatable bonds is 2. The summed E-state index contributed by atoms with van der Waals surface area (Å²) in [5.41, 5.74) is 0. The van der Waals surface area contributed by atoms with E-state index in [1.54, 1.807) is 6.92 Å². The second-order valence-corrected chi connectivity index (χ2v) is 1.28. The van der Waals surface area contributed by atoms with Crippen LogP contribution in [0.1, 0.15) is 6.92 Å². The Hall–Kier alpha value is -0.340. The molecule has 0 unspecified atom stereocenters. The van der Waals surface area contributed by atoms with Crippen LogP contribution >= 0.6 is 0 Å². The van der Waals surface area contributed by atoms with Gasteiger partial charge in [0.25, 0.3) is 0 Å². The van der Waals surface area contributed by atoms with Gasteiger partial charge in [0.2, 0.25) is 0 Å². The molecule has 2 N–H and O–H groups in total. The summed E-state index contributed by atoms with van der Waals surface area (Å²) in [4.78, 5) is 0. The monoisotopic (exact) mass is 101 g/mol. The van der Waals surface area contributed by atoms with Crippen LogP contribution in [0.5, 0.6) is 0 Å². The average molecular weight is 101 g/mol. The first-order chi connectivity index (χ1) is 3.12. The van der Waals surface area contributed by atoms with Crippen molar-refractivity contribution in [2.75, 3.05) is 0 Å². The molecule has 0 aromatic rings. The Kier molecular flexibility index (Phi) is 1.99. The van der Waals surface area contributed by atoms with E-state index < -0.39 is 5.79 Å². The molecular weight excluding hydrogens is 92.1 g/mol. The maximum atomic E-state index is 8.51. The molecule has 0 aromatic carbocycles. The lowest BCUT2D eigenvalue weighted by Crippen LogP contribution is -2.23. The van der Waals surface area contributed by atoms with Gasteiger partial charge in [-0.1, -0.05) is 13.5 Å². The smallest absolute Gasteiger partial charge is 0.185 e. The summed E-state index contributed by atoms with van der Waals surface area (Å²) in [7, 11) is 0. The Morgan fingerprint density at radius 2 is 2.00 bits per heavy atom. The van der Waals surface area contributed by atoms with Crippen molar-refractivity contribution in [3.05, 3.63) is 19.1 Å². The maximum absolute atomic E-state index is 8.51. The minimum Gasteiger partial charge on any atom is -0.362 e. The van der Waals surface area contributed by atoms with Gasteiger partial charge in [0.15, 0.2) is 5.79 Å². The van der Waals surface area contributed by atoms with E-state index in [2.05, 4.69) is 6.58 Å². The first kappa shape index (κ1) is 6.66. The summed E-state index contributed by atoms with van der Waals surface area (Å²) in [5.74, 6) is -1.78. The van der Waals surface area contributed by atoms with Crippen molar-refractivity contribution in [2.45, 2.75) is 12.7 Å². The molecule has 0 aromatic heterocycles. The van der Waals surface area contributed by atoms with E-state index in [0.717, 1.165) is 6.08 Å². The van der Waals surface area contributed by atoms with Crippen LogP contribution in [0.25, 0.3) is 0 Å². The van der Waals surface area contributed by atoms with Crippen molar-refractivity contribution in [1.82, 2.24) is 0 Å². The van der Waals surface area contributed by atoms with Crippen molar-refractivity contribution < 1.29 is 10.2 Å². The normalized spacial score (nSPS) is 11.3. The standard InChI is InChI=1S/C5H9O2/c1-3-5(6,7)4-2/h3-4,6-7H,1H2,2H3. The van der Waals surface area contributed by atoms with Gasteiger partial charge in [-0.2, -0.15) is 0 Å². The van der Waals surface area contributed by atoms with Gasteiger partial charge >= 0.3 is 0 Å². The van der Waals surface area contributed by atoms with Crippen LogP contribution in [0.4, 0.5) is 0 Å². The highest BCUT2D eigenvalue weighted by molar-refractivity contribution is 4.94. The lowest BCUT2D eigenvalue weighted by atomic mass is 10.2. The molecule has 7 heavy (non-hydrogen) atoms. The first-order valence-corrected chi connectivity index (χ1v) is 2.01. The Bertz CT molecular complexity index is 66.5. The predicted molar refractivity (Wildman–Crippen MR) is 27.3 cm³/mol. The summed E-state index contributed by atoms with van der Waals surface area (Å²) in [6, 6.07) is 0. The lowest BCUT2D eigenvalue weighted by molar-refractivity contribution is -0.0875. The van der Waals surface area contributed by atoms with Crippen LogP contribution < -0.4 is 0 Å². The molecule has 0 bridgehead atoms. The molecular formula is C5H9O2. The molecule has 1 radical (unpaired) electrons. The highest BCUT2D eigenvalue weighted by Gasteiger charge is 2.12. The fraction of sp³-hybridized carbons (Fsp3) is 0.400. The average Bonchev–Trinajstić information content (AvgIpc) is 1.68. The van der Waals surface area contributed by atoms with E-state index in [0.29, 0.717) is 0 Å². The van der Waals surface area contributed by atoms with Crippen LogP contribution in [-0.4, -0.2) is 16.0 Å². The molecule has 0 spiro atoms. The fourth-order valence-electron chi connectivity index (χ4n) is 0.118. The molecule has 0 heterocycles. The zero-order valence-corrected chi connectivity index (χ0v) is 4.26. The second kappa shape index (κ2) is 2.09. The third-order valence-corrected chi connectivity index (χ3v) is 0.725. The molecule has 0 saturated carbocycles. The summed E-state index contributed by atoms with van der Waals surface area (Å²) >= 11 is 0. The van der Waals surface area contributed by atoms with E-state index in [1.165, 1.54) is 6.42 Å². The zero-order chi connectivity index (χ0) is 5.91. The SMILES string of the molecule is C=CC(O)(O)[CH]C. The first-order valence-electron chi connectivity index (χ1n) is 2.01. The largest absolute Gasteiger partial charge is 0.362 e. The zero-order valence-electron chi connectivity index (χ0n) is 4.26. The molecule has 0 atom stereocenters. The van der Waals surface area contributed by atoms with Gasteiger partial charge in [-0.05, 0) is 6.08 Å². The van der Waals surface area contributed by atoms with Crippen LogP contribution in [0.2, 0.25) is 0 Å². The van der Waals surface area contributed by atoms with E-state index in [4.69, 9.17) is 10.2 Å². The third-order valence-electron chi connectivity index (χ3n) is 0.725. The van der Waals surface area contributed by atoms with Crippen LogP contribution in [0.15, 0.2) is 12.7 Å². The molecule has 0 fully saturated rings. The minimum absolute atomic E-state index is 1.05. The molecule has 0 aliphatic carbocycles. The molecule has 2 heteroatoms. The Balaban J connectivity index is 3.58. The molecule has 0 aliphatic rings. The highest BCUT2D eigenvalue weighted by atomic mass is 16.5. The quantitative estimate of drug-likeness (QED) is 0.382. The molecule has 0 aliphatic heterocycles. The van der Waals surface area contributed by atoms with Gasteiger partial charge in [0.1, 0.15) is 0 Å². The van der Waals surface area contributed by atoms with E-state index in [1.807, 2.05) is 0 Å². The van der Waals surface area contributed by atoms with Crippen molar-refractivity contribution in [1.29, 1.82) is 0 Å². The Morgan fingerprint density at radius 1 is 1.57 bits per heavy atom. The van der Waals surface area contributed by atoms with Gasteiger partial charge in [-0.3, -0.25) is 0 Å². The summed E-state index contributed by atoms with van der Waals surface area (Å²) in [6.45, 7) is 4.72. The van der Waals surface area contributed by atoms with Crippen molar-refractivity contribution in [3.8, 4) is 0 Å². The number of hydrogen-bond acceptors (Lipinski definition) is 2. The van der Waals surface area contributed by atoms with E-state index in [9.17, 15) is 0 Å². The summed E-state index contributed by atoms with van der Waals surface area (Å²) < 4.78 is 0. The molecule has 0 rings (SSSR count). The third kappa shape index (κ3) is 2.37. The van der Waals surface area contributed by atoms with Gasteiger partial charge in [0.05, 0.1) is 0 Å². The van der Waals surface area contributed by atoms with E-state index in [-0.39, 0.29) is 0 Å². The van der Waals surface area contributed by atoms with Crippen molar-refractivity contribution in [2.24, 2.45) is 0 Å². The van der Waals surface area contributed by atoms with Gasteiger partial charge < -0.3 is 10.2 Å². The predicted octanol–water partition coefficient (Wildman–Crippen LogP) is 0.0775. The lowest BCUT2D eigenvalue weighted by Gasteiger charge is -2.11. The van der Waals surface area contributed by atoms with Crippen LogP contribution in [0, 0.1) is 6.42 Å². The molecule has 2 nitrogen and oxygen atoms in total. The van der Waals surface area contributed by atoms with E-state index >= 15 is 0 Å². The Labute approximate surface area is 43.1 Å². The fourth-order valence-corrected chi connectivity index (χ4v) is 0.118. The van der Waals surface area contributed by atoms with Crippen LogP contribution in [0.3, 0.4) is 0 Å². The van der Waals surface area contributed by atoms with Gasteiger partial charge in [-0.15, -0.1) is 0 Å².